The Morgan fingerprint density at radius 3 is 2.51 bits per heavy atom. The van der Waals surface area contributed by atoms with Crippen molar-refractivity contribution in [3.8, 4) is 0 Å². The molecule has 0 spiro atoms. The Labute approximate surface area is 273 Å². The highest BCUT2D eigenvalue weighted by atomic mass is 19.4. The van der Waals surface area contributed by atoms with Crippen LogP contribution in [0.15, 0.2) is 42.6 Å². The number of likely N-dealkylation sites (N-methyl/N-ethyl adjacent to an activating group) is 1. The number of alkyl halides is 3. The monoisotopic (exact) mass is 652 g/mol. The Bertz CT molecular complexity index is 1700. The number of carbonyl (C=O) groups is 1. The highest BCUT2D eigenvalue weighted by molar-refractivity contribution is 6.05. The van der Waals surface area contributed by atoms with Crippen LogP contribution < -0.4 is 20.9 Å². The molecule has 14 heteroatoms. The Hall–Kier alpha value is -4.43. The van der Waals surface area contributed by atoms with Crippen LogP contribution in [0.4, 0.5) is 42.0 Å². The Kier molecular flexibility index (Phi) is 10.5. The molecule has 4 aromatic rings. The van der Waals surface area contributed by atoms with Gasteiger partial charge in [-0.3, -0.25) is 4.79 Å². The Balaban J connectivity index is 1.31. The number of nitrogens with zero attached hydrogens (tertiary/aromatic N) is 7. The highest BCUT2D eigenvalue weighted by Gasteiger charge is 2.33. The molecular weight excluding hydrogens is 609 g/mol. The highest BCUT2D eigenvalue weighted by Crippen LogP contribution is 2.34. The molecule has 3 N–H and O–H groups in total. The van der Waals surface area contributed by atoms with E-state index in [1.807, 2.05) is 17.9 Å². The summed E-state index contributed by atoms with van der Waals surface area (Å²) < 4.78 is 43.3. The van der Waals surface area contributed by atoms with E-state index in [4.69, 9.17) is 0 Å². The summed E-state index contributed by atoms with van der Waals surface area (Å²) in [4.78, 5) is 28.8. The number of hydrogen-bond acceptors (Lipinski definition) is 9. The molecule has 252 valence electrons. The standard InChI is InChI=1S/C33H43F3N10O/c1-6-45-13-15-46(16-14-45)26-18-23(17-24(19-26)33(34,35)36)31(47)39-25-10-9-22(2)28(20-25)40-29-27-21-38-32(41-30(27)44(5)42-29)37-11-7-8-12-43(3)4/h9-10,17-21H,6-8,11-16H2,1-5H3,(H,39,47)(H,40,42)(H,37,38,41). The minimum atomic E-state index is -4.59. The van der Waals surface area contributed by atoms with Crippen molar-refractivity contribution in [2.45, 2.75) is 32.9 Å². The average molecular weight is 653 g/mol. The van der Waals surface area contributed by atoms with Gasteiger partial charge < -0.3 is 30.7 Å². The lowest BCUT2D eigenvalue weighted by atomic mass is 10.1. The van der Waals surface area contributed by atoms with Gasteiger partial charge in [0.15, 0.2) is 11.5 Å². The van der Waals surface area contributed by atoms with Gasteiger partial charge in [-0.05, 0) is 82.8 Å². The number of aromatic nitrogens is 4. The van der Waals surface area contributed by atoms with E-state index in [-0.39, 0.29) is 5.56 Å². The number of piperazine rings is 1. The van der Waals surface area contributed by atoms with E-state index in [0.29, 0.717) is 47.6 Å². The number of carbonyl (C=O) groups excluding carboxylic acids is 1. The lowest BCUT2D eigenvalue weighted by Gasteiger charge is -2.36. The second kappa shape index (κ2) is 14.6. The first kappa shape index (κ1) is 33.9. The zero-order valence-electron chi connectivity index (χ0n) is 27.6. The van der Waals surface area contributed by atoms with Crippen molar-refractivity contribution in [3.05, 3.63) is 59.3 Å². The van der Waals surface area contributed by atoms with Gasteiger partial charge in [0.1, 0.15) is 0 Å². The smallest absolute Gasteiger partial charge is 0.369 e. The summed E-state index contributed by atoms with van der Waals surface area (Å²) in [5.41, 5.74) is 2.11. The van der Waals surface area contributed by atoms with E-state index in [1.54, 1.807) is 30.1 Å². The molecule has 2 aromatic heterocycles. The van der Waals surface area contributed by atoms with Crippen molar-refractivity contribution in [2.24, 2.45) is 7.05 Å². The molecule has 11 nitrogen and oxygen atoms in total. The molecule has 0 unspecified atom stereocenters. The maximum atomic E-state index is 13.9. The average Bonchev–Trinajstić information content (AvgIpc) is 3.35. The van der Waals surface area contributed by atoms with Gasteiger partial charge >= 0.3 is 6.18 Å². The van der Waals surface area contributed by atoms with Crippen LogP contribution in [-0.2, 0) is 13.2 Å². The summed E-state index contributed by atoms with van der Waals surface area (Å²) in [5, 5.41) is 14.7. The van der Waals surface area contributed by atoms with Crippen LogP contribution in [0.1, 0.15) is 41.3 Å². The van der Waals surface area contributed by atoms with E-state index in [0.717, 1.165) is 68.6 Å². The topological polar surface area (TPSA) is 106 Å². The van der Waals surface area contributed by atoms with Crippen molar-refractivity contribution in [3.63, 3.8) is 0 Å². The first-order chi connectivity index (χ1) is 22.4. The fourth-order valence-electron chi connectivity index (χ4n) is 5.54. The number of unbranched alkanes of at least 4 members (excludes halogenated alkanes) is 1. The molecule has 1 aliphatic rings. The first-order valence-electron chi connectivity index (χ1n) is 15.9. The molecule has 0 atom stereocenters. The number of anilines is 5. The molecule has 0 radical (unpaired) electrons. The quantitative estimate of drug-likeness (QED) is 0.169. The molecule has 5 rings (SSSR count). The van der Waals surface area contributed by atoms with Gasteiger partial charge in [-0.15, -0.1) is 0 Å². The van der Waals surface area contributed by atoms with Gasteiger partial charge in [0, 0.05) is 68.6 Å². The Morgan fingerprint density at radius 1 is 1.04 bits per heavy atom. The van der Waals surface area contributed by atoms with Crippen molar-refractivity contribution in [1.29, 1.82) is 0 Å². The van der Waals surface area contributed by atoms with Crippen LogP contribution in [0.2, 0.25) is 0 Å². The van der Waals surface area contributed by atoms with E-state index >= 15 is 0 Å². The molecule has 47 heavy (non-hydrogen) atoms. The van der Waals surface area contributed by atoms with Crippen LogP contribution in [-0.4, -0.2) is 95.4 Å². The van der Waals surface area contributed by atoms with Gasteiger partial charge in [-0.2, -0.15) is 23.3 Å². The third-order valence-electron chi connectivity index (χ3n) is 8.34. The number of amides is 1. The third kappa shape index (κ3) is 8.49. The van der Waals surface area contributed by atoms with Crippen LogP contribution in [0.5, 0.6) is 0 Å². The van der Waals surface area contributed by atoms with Crippen LogP contribution in [0.3, 0.4) is 0 Å². The number of fused-ring (bicyclic) bond motifs is 1. The molecular formula is C33H43F3N10O. The third-order valence-corrected chi connectivity index (χ3v) is 8.34. The second-order valence-corrected chi connectivity index (χ2v) is 12.1. The van der Waals surface area contributed by atoms with Gasteiger partial charge in [0.05, 0.1) is 10.9 Å². The van der Waals surface area contributed by atoms with E-state index in [2.05, 4.69) is 61.8 Å². The lowest BCUT2D eigenvalue weighted by molar-refractivity contribution is -0.137. The molecule has 1 fully saturated rings. The predicted molar refractivity (Wildman–Crippen MR) is 181 cm³/mol. The van der Waals surface area contributed by atoms with Crippen molar-refractivity contribution in [2.75, 3.05) is 80.8 Å². The summed E-state index contributed by atoms with van der Waals surface area (Å²) in [7, 11) is 5.91. The fourth-order valence-corrected chi connectivity index (χ4v) is 5.54. The van der Waals surface area contributed by atoms with E-state index < -0.39 is 17.6 Å². The number of benzene rings is 2. The molecule has 1 saturated heterocycles. The maximum Gasteiger partial charge on any atom is 0.416 e. The summed E-state index contributed by atoms with van der Waals surface area (Å²) in [6, 6.07) is 8.83. The number of rotatable bonds is 12. The van der Waals surface area contributed by atoms with E-state index in [9.17, 15) is 18.0 Å². The summed E-state index contributed by atoms with van der Waals surface area (Å²) in [6.07, 6.45) is -0.808. The molecule has 0 bridgehead atoms. The maximum absolute atomic E-state index is 13.9. The number of nitrogens with one attached hydrogen (secondary N) is 3. The fraction of sp³-hybridized carbons (Fsp3) is 0.455. The number of aryl methyl sites for hydroxylation is 2. The minimum Gasteiger partial charge on any atom is -0.369 e. The minimum absolute atomic E-state index is 0.0576. The van der Waals surface area contributed by atoms with Crippen LogP contribution in [0, 0.1) is 6.92 Å². The molecule has 0 aliphatic carbocycles. The summed E-state index contributed by atoms with van der Waals surface area (Å²) in [6.45, 7) is 9.31. The van der Waals surface area contributed by atoms with Gasteiger partial charge in [-0.25, -0.2) is 9.67 Å². The molecule has 0 saturated carbocycles. The zero-order valence-corrected chi connectivity index (χ0v) is 27.6. The normalized spacial score (nSPS) is 14.2. The largest absolute Gasteiger partial charge is 0.416 e. The molecule has 1 amide bonds. The lowest BCUT2D eigenvalue weighted by Crippen LogP contribution is -2.46. The van der Waals surface area contributed by atoms with Crippen molar-refractivity contribution < 1.29 is 18.0 Å². The predicted octanol–water partition coefficient (Wildman–Crippen LogP) is 5.58. The number of halogens is 3. The SMILES string of the molecule is CCN1CCN(c2cc(C(=O)Nc3ccc(C)c(Nc4nn(C)c5nc(NCCCCN(C)C)ncc45)c3)cc(C(F)(F)F)c2)CC1. The van der Waals surface area contributed by atoms with Gasteiger partial charge in [0.25, 0.3) is 5.91 Å². The van der Waals surface area contributed by atoms with Gasteiger partial charge in [-0.1, -0.05) is 13.0 Å². The molecule has 3 heterocycles. The summed E-state index contributed by atoms with van der Waals surface area (Å²) in [5.74, 6) is 0.439. The second-order valence-electron chi connectivity index (χ2n) is 12.1. The van der Waals surface area contributed by atoms with E-state index in [1.165, 1.54) is 6.07 Å². The summed E-state index contributed by atoms with van der Waals surface area (Å²) >= 11 is 0. The zero-order chi connectivity index (χ0) is 33.7. The molecule has 2 aromatic carbocycles. The van der Waals surface area contributed by atoms with Gasteiger partial charge in [0.2, 0.25) is 5.95 Å². The van der Waals surface area contributed by atoms with Crippen LogP contribution >= 0.6 is 0 Å². The number of hydrogen-bond donors (Lipinski definition) is 3. The molecule has 1 aliphatic heterocycles. The first-order valence-corrected chi connectivity index (χ1v) is 15.9. The van der Waals surface area contributed by atoms with Crippen molar-refractivity contribution in [1.82, 2.24) is 29.5 Å². The Morgan fingerprint density at radius 2 is 1.81 bits per heavy atom. The van der Waals surface area contributed by atoms with Crippen LogP contribution in [0.25, 0.3) is 11.0 Å². The van der Waals surface area contributed by atoms with Crippen molar-refractivity contribution >= 4 is 45.8 Å².